The van der Waals surface area contributed by atoms with E-state index in [4.69, 9.17) is 0 Å². The summed E-state index contributed by atoms with van der Waals surface area (Å²) in [5.41, 5.74) is 1.15. The molecule has 1 aromatic carbocycles. The summed E-state index contributed by atoms with van der Waals surface area (Å²) in [6.45, 7) is 3.52. The third kappa shape index (κ3) is 3.42. The van der Waals surface area contributed by atoms with Crippen molar-refractivity contribution >= 4 is 11.9 Å². The maximum Gasteiger partial charge on any atom is 0.324 e. The standard InChI is InChI=1S/C18H21N3O3/c1-11-16(22)15(21-18(24)19-11)17(23)20-14-9-5-8-13(10-14)12-6-3-2-4-7-12/h2-4,6-7,13-14,22H,1,5,8-10H2,(H,20,23)(H2,19,21,24)/t13-,14-/m0/s1. The van der Waals surface area contributed by atoms with Crippen LogP contribution in [0.5, 0.6) is 0 Å². The number of carbonyl (C=O) groups excluding carboxylic acids is 2. The molecule has 1 heterocycles. The van der Waals surface area contributed by atoms with Gasteiger partial charge in [-0.15, -0.1) is 0 Å². The van der Waals surface area contributed by atoms with Gasteiger partial charge in [0.05, 0.1) is 5.70 Å². The molecular formula is C18H21N3O3. The van der Waals surface area contributed by atoms with Crippen molar-refractivity contribution in [3.05, 3.63) is 59.6 Å². The maximum atomic E-state index is 12.4. The average Bonchev–Trinajstić information content (AvgIpc) is 2.59. The van der Waals surface area contributed by atoms with Crippen LogP contribution in [0.4, 0.5) is 4.79 Å². The summed E-state index contributed by atoms with van der Waals surface area (Å²) < 4.78 is 0. The minimum atomic E-state index is -0.575. The number of hydrogen-bond acceptors (Lipinski definition) is 3. The number of aliphatic hydroxyl groups excluding tert-OH is 1. The van der Waals surface area contributed by atoms with E-state index >= 15 is 0 Å². The van der Waals surface area contributed by atoms with Crippen molar-refractivity contribution in [2.45, 2.75) is 37.6 Å². The van der Waals surface area contributed by atoms with Crippen molar-refractivity contribution in [1.29, 1.82) is 0 Å². The molecule has 1 aliphatic heterocycles. The van der Waals surface area contributed by atoms with Crippen LogP contribution in [0.2, 0.25) is 0 Å². The summed E-state index contributed by atoms with van der Waals surface area (Å²) in [7, 11) is 0. The van der Waals surface area contributed by atoms with Crippen LogP contribution in [0.15, 0.2) is 54.1 Å². The van der Waals surface area contributed by atoms with E-state index in [-0.39, 0.29) is 23.2 Å². The van der Waals surface area contributed by atoms with Crippen LogP contribution < -0.4 is 16.0 Å². The van der Waals surface area contributed by atoms with E-state index in [0.717, 1.165) is 25.7 Å². The third-order valence-electron chi connectivity index (χ3n) is 4.53. The SMILES string of the molecule is C=C1NC(=O)NC(C(=O)N[C@H]2CCC[C@H](c3ccccc3)C2)=C1O. The Morgan fingerprint density at radius 3 is 2.71 bits per heavy atom. The zero-order chi connectivity index (χ0) is 17.1. The number of nitrogens with one attached hydrogen (secondary N) is 3. The van der Waals surface area contributed by atoms with E-state index in [9.17, 15) is 14.7 Å². The van der Waals surface area contributed by atoms with Crippen molar-refractivity contribution in [2.24, 2.45) is 0 Å². The molecule has 126 valence electrons. The van der Waals surface area contributed by atoms with Gasteiger partial charge in [-0.05, 0) is 30.7 Å². The number of aliphatic hydroxyl groups is 1. The van der Waals surface area contributed by atoms with Gasteiger partial charge < -0.3 is 15.7 Å². The van der Waals surface area contributed by atoms with Gasteiger partial charge >= 0.3 is 6.03 Å². The maximum absolute atomic E-state index is 12.4. The van der Waals surface area contributed by atoms with Gasteiger partial charge in [-0.1, -0.05) is 43.3 Å². The molecule has 0 bridgehead atoms. The van der Waals surface area contributed by atoms with Gasteiger partial charge in [-0.2, -0.15) is 0 Å². The highest BCUT2D eigenvalue weighted by atomic mass is 16.3. The van der Waals surface area contributed by atoms with Crippen molar-refractivity contribution in [3.63, 3.8) is 0 Å². The molecule has 0 radical (unpaired) electrons. The molecule has 0 spiro atoms. The minimum absolute atomic E-state index is 0.0109. The van der Waals surface area contributed by atoms with E-state index in [1.807, 2.05) is 18.2 Å². The summed E-state index contributed by atoms with van der Waals surface area (Å²) in [5.74, 6) is -0.407. The van der Waals surface area contributed by atoms with Crippen LogP contribution in [0.25, 0.3) is 0 Å². The lowest BCUT2D eigenvalue weighted by molar-refractivity contribution is -0.118. The second-order valence-corrected chi connectivity index (χ2v) is 6.23. The van der Waals surface area contributed by atoms with Gasteiger partial charge in [-0.3, -0.25) is 10.1 Å². The Bertz CT molecular complexity index is 697. The Morgan fingerprint density at radius 2 is 1.96 bits per heavy atom. The number of rotatable bonds is 3. The zero-order valence-electron chi connectivity index (χ0n) is 13.3. The van der Waals surface area contributed by atoms with Crippen molar-refractivity contribution < 1.29 is 14.7 Å². The van der Waals surface area contributed by atoms with Crippen molar-refractivity contribution in [1.82, 2.24) is 16.0 Å². The first-order valence-electron chi connectivity index (χ1n) is 8.11. The van der Waals surface area contributed by atoms with Crippen molar-refractivity contribution in [3.8, 4) is 0 Å². The number of carbonyl (C=O) groups is 2. The highest BCUT2D eigenvalue weighted by molar-refractivity contribution is 6.00. The number of amides is 3. The van der Waals surface area contributed by atoms with Gasteiger partial charge in [0.1, 0.15) is 0 Å². The highest BCUT2D eigenvalue weighted by Crippen LogP contribution is 2.32. The summed E-state index contributed by atoms with van der Waals surface area (Å²) in [6.07, 6.45) is 3.85. The Morgan fingerprint density at radius 1 is 1.21 bits per heavy atom. The molecular weight excluding hydrogens is 306 g/mol. The molecule has 6 nitrogen and oxygen atoms in total. The van der Waals surface area contributed by atoms with E-state index in [2.05, 4.69) is 34.7 Å². The molecule has 1 aliphatic carbocycles. The summed E-state index contributed by atoms with van der Waals surface area (Å²) in [5, 5.41) is 17.5. The Balaban J connectivity index is 1.67. The average molecular weight is 327 g/mol. The molecule has 24 heavy (non-hydrogen) atoms. The molecule has 0 saturated heterocycles. The van der Waals surface area contributed by atoms with Crippen LogP contribution in [0, 0.1) is 0 Å². The predicted molar refractivity (Wildman–Crippen MR) is 90.0 cm³/mol. The molecule has 3 rings (SSSR count). The van der Waals surface area contributed by atoms with E-state index in [1.165, 1.54) is 5.56 Å². The topological polar surface area (TPSA) is 90.5 Å². The molecule has 3 amide bonds. The zero-order valence-corrected chi connectivity index (χ0v) is 13.3. The quantitative estimate of drug-likeness (QED) is 0.687. The summed E-state index contributed by atoms with van der Waals surface area (Å²) >= 11 is 0. The van der Waals surface area contributed by atoms with Crippen LogP contribution in [-0.2, 0) is 4.79 Å². The van der Waals surface area contributed by atoms with Gasteiger partial charge in [0.2, 0.25) is 0 Å². The molecule has 0 unspecified atom stereocenters. The van der Waals surface area contributed by atoms with Gasteiger partial charge in [-0.25, -0.2) is 4.79 Å². The van der Waals surface area contributed by atoms with E-state index in [0.29, 0.717) is 5.92 Å². The fraction of sp³-hybridized carbons (Fsp3) is 0.333. The number of hydrogen-bond donors (Lipinski definition) is 4. The lowest BCUT2D eigenvalue weighted by Crippen LogP contribution is -2.48. The lowest BCUT2D eigenvalue weighted by Gasteiger charge is -2.30. The second-order valence-electron chi connectivity index (χ2n) is 6.23. The lowest BCUT2D eigenvalue weighted by atomic mass is 9.81. The van der Waals surface area contributed by atoms with Crippen molar-refractivity contribution in [2.75, 3.05) is 0 Å². The smallest absolute Gasteiger partial charge is 0.324 e. The first-order valence-corrected chi connectivity index (χ1v) is 8.11. The normalized spacial score (nSPS) is 24.2. The molecule has 0 aromatic heterocycles. The highest BCUT2D eigenvalue weighted by Gasteiger charge is 2.29. The molecule has 1 saturated carbocycles. The third-order valence-corrected chi connectivity index (χ3v) is 4.53. The predicted octanol–water partition coefficient (Wildman–Crippen LogP) is 2.43. The van der Waals surface area contributed by atoms with Crippen LogP contribution in [-0.4, -0.2) is 23.1 Å². The Hall–Kier alpha value is -2.76. The second kappa shape index (κ2) is 6.78. The van der Waals surface area contributed by atoms with E-state index in [1.54, 1.807) is 0 Å². The number of benzene rings is 1. The Labute approximate surface area is 140 Å². The monoisotopic (exact) mass is 327 g/mol. The molecule has 4 N–H and O–H groups in total. The summed E-state index contributed by atoms with van der Waals surface area (Å²) in [6, 6.07) is 9.70. The fourth-order valence-corrected chi connectivity index (χ4v) is 3.32. The fourth-order valence-electron chi connectivity index (χ4n) is 3.32. The summed E-state index contributed by atoms with van der Waals surface area (Å²) in [4.78, 5) is 23.9. The molecule has 6 heteroatoms. The largest absolute Gasteiger partial charge is 0.504 e. The van der Waals surface area contributed by atoms with Crippen LogP contribution in [0.3, 0.4) is 0 Å². The van der Waals surface area contributed by atoms with Gasteiger partial charge in [0, 0.05) is 6.04 Å². The molecule has 1 fully saturated rings. The molecule has 2 aliphatic rings. The molecule has 1 aromatic rings. The first kappa shape index (κ1) is 16.1. The van der Waals surface area contributed by atoms with E-state index < -0.39 is 11.9 Å². The van der Waals surface area contributed by atoms with Crippen LogP contribution in [0.1, 0.15) is 37.2 Å². The van der Waals surface area contributed by atoms with Gasteiger partial charge in [0.25, 0.3) is 5.91 Å². The number of urea groups is 1. The molecule has 2 atom stereocenters. The van der Waals surface area contributed by atoms with Crippen LogP contribution >= 0.6 is 0 Å². The first-order chi connectivity index (χ1) is 11.5. The van der Waals surface area contributed by atoms with Gasteiger partial charge in [0.15, 0.2) is 11.5 Å². The Kier molecular flexibility index (Phi) is 4.55. The minimum Gasteiger partial charge on any atom is -0.504 e.